The Bertz CT molecular complexity index is 166. The standard InChI is InChI=1S/C6H7ClOSi/c7-9-8-6-4-2-1-3-5-6/h1-5H,9H2. The zero-order chi connectivity index (χ0) is 6.53. The summed E-state index contributed by atoms with van der Waals surface area (Å²) in [5, 5.41) is 0. The van der Waals surface area contributed by atoms with Gasteiger partial charge in [0.2, 0.25) is 0 Å². The van der Waals surface area contributed by atoms with E-state index in [1.54, 1.807) is 0 Å². The first-order valence-corrected chi connectivity index (χ1v) is 5.39. The first-order chi connectivity index (χ1) is 4.43. The molecule has 0 atom stereocenters. The van der Waals surface area contributed by atoms with Crippen molar-refractivity contribution in [1.82, 2.24) is 0 Å². The molecule has 3 heteroatoms. The fourth-order valence-electron chi connectivity index (χ4n) is 0.580. The molecule has 0 aliphatic heterocycles. The summed E-state index contributed by atoms with van der Waals surface area (Å²) in [6.07, 6.45) is 0. The van der Waals surface area contributed by atoms with E-state index in [2.05, 4.69) is 0 Å². The Hall–Kier alpha value is -0.473. The Morgan fingerprint density at radius 1 is 1.22 bits per heavy atom. The summed E-state index contributed by atoms with van der Waals surface area (Å²) in [7, 11) is -0.812. The second-order valence-electron chi connectivity index (χ2n) is 1.57. The third-order valence-electron chi connectivity index (χ3n) is 0.964. The number of halogens is 1. The van der Waals surface area contributed by atoms with Crippen LogP contribution in [0.25, 0.3) is 0 Å². The van der Waals surface area contributed by atoms with E-state index in [0.29, 0.717) is 0 Å². The predicted molar refractivity (Wildman–Crippen MR) is 41.5 cm³/mol. The molecule has 0 bridgehead atoms. The van der Waals surface area contributed by atoms with Crippen LogP contribution in [0, 0.1) is 0 Å². The number of hydrogen-bond donors (Lipinski definition) is 0. The summed E-state index contributed by atoms with van der Waals surface area (Å²) in [6.45, 7) is 0. The maximum absolute atomic E-state index is 5.45. The lowest BCUT2D eigenvalue weighted by molar-refractivity contribution is 0.610. The largest absolute Gasteiger partial charge is 0.535 e. The molecule has 0 unspecified atom stereocenters. The molecule has 1 nitrogen and oxygen atoms in total. The van der Waals surface area contributed by atoms with Crippen LogP contribution in [0.3, 0.4) is 0 Å². The average Bonchev–Trinajstić information content (AvgIpc) is 1.91. The van der Waals surface area contributed by atoms with Gasteiger partial charge in [0.1, 0.15) is 5.75 Å². The summed E-state index contributed by atoms with van der Waals surface area (Å²) in [6, 6.07) is 9.60. The summed E-state index contributed by atoms with van der Waals surface area (Å²) >= 11 is 5.45. The van der Waals surface area contributed by atoms with Gasteiger partial charge in [-0.15, -0.1) is 11.1 Å². The highest BCUT2D eigenvalue weighted by Gasteiger charge is 1.85. The molecule has 9 heavy (non-hydrogen) atoms. The minimum Gasteiger partial charge on any atom is -0.535 e. The minimum absolute atomic E-state index is 0.812. The summed E-state index contributed by atoms with van der Waals surface area (Å²) in [5.74, 6) is 0.874. The van der Waals surface area contributed by atoms with Gasteiger partial charge in [0.15, 0.2) is 0 Å². The van der Waals surface area contributed by atoms with Crippen LogP contribution < -0.4 is 4.43 Å². The number of benzene rings is 1. The molecule has 1 aromatic rings. The van der Waals surface area contributed by atoms with Crippen molar-refractivity contribution in [2.24, 2.45) is 0 Å². The smallest absolute Gasteiger partial charge is 0.316 e. The maximum atomic E-state index is 5.45. The lowest BCUT2D eigenvalue weighted by Crippen LogP contribution is -1.91. The number of rotatable bonds is 2. The Morgan fingerprint density at radius 3 is 2.44 bits per heavy atom. The SMILES string of the molecule is Cl[SiH2]Oc1ccccc1. The quantitative estimate of drug-likeness (QED) is 0.466. The van der Waals surface area contributed by atoms with Gasteiger partial charge < -0.3 is 4.43 Å². The number of para-hydroxylation sites is 1. The molecule has 0 heterocycles. The van der Waals surface area contributed by atoms with Crippen molar-refractivity contribution in [1.29, 1.82) is 0 Å². The van der Waals surface area contributed by atoms with Gasteiger partial charge in [-0.2, -0.15) is 0 Å². The monoisotopic (exact) mass is 158 g/mol. The number of hydrogen-bond acceptors (Lipinski definition) is 1. The molecule has 0 saturated heterocycles. The molecule has 0 radical (unpaired) electrons. The van der Waals surface area contributed by atoms with E-state index >= 15 is 0 Å². The van der Waals surface area contributed by atoms with Crippen molar-refractivity contribution in [3.63, 3.8) is 0 Å². The fourth-order valence-corrected chi connectivity index (χ4v) is 1.28. The van der Waals surface area contributed by atoms with Crippen molar-refractivity contribution in [2.45, 2.75) is 0 Å². The van der Waals surface area contributed by atoms with Gasteiger partial charge in [0.05, 0.1) is 0 Å². The van der Waals surface area contributed by atoms with Crippen LogP contribution in [-0.2, 0) is 0 Å². The Morgan fingerprint density at radius 2 is 1.89 bits per heavy atom. The van der Waals surface area contributed by atoms with E-state index in [9.17, 15) is 0 Å². The topological polar surface area (TPSA) is 9.23 Å². The van der Waals surface area contributed by atoms with E-state index in [4.69, 9.17) is 15.5 Å². The zero-order valence-corrected chi connectivity index (χ0v) is 7.05. The van der Waals surface area contributed by atoms with Gasteiger partial charge in [0, 0.05) is 0 Å². The first kappa shape index (κ1) is 6.64. The van der Waals surface area contributed by atoms with Gasteiger partial charge in [-0.1, -0.05) is 18.2 Å². The fraction of sp³-hybridized carbons (Fsp3) is 0. The molecule has 1 aromatic carbocycles. The molecule has 0 aliphatic rings. The third kappa shape index (κ3) is 2.07. The van der Waals surface area contributed by atoms with Crippen LogP contribution in [0.15, 0.2) is 30.3 Å². The van der Waals surface area contributed by atoms with E-state index in [1.807, 2.05) is 30.3 Å². The molecule has 0 fully saturated rings. The van der Waals surface area contributed by atoms with Crippen molar-refractivity contribution >= 4 is 20.2 Å². The van der Waals surface area contributed by atoms with Gasteiger partial charge in [0.25, 0.3) is 0 Å². The average molecular weight is 159 g/mol. The van der Waals surface area contributed by atoms with Crippen LogP contribution >= 0.6 is 11.1 Å². The van der Waals surface area contributed by atoms with Gasteiger partial charge in [-0.3, -0.25) is 0 Å². The van der Waals surface area contributed by atoms with Crippen LogP contribution in [0.1, 0.15) is 0 Å². The highest BCUT2D eigenvalue weighted by Crippen LogP contribution is 2.06. The molecule has 0 spiro atoms. The zero-order valence-electron chi connectivity index (χ0n) is 4.88. The van der Waals surface area contributed by atoms with Crippen molar-refractivity contribution < 1.29 is 4.43 Å². The molecule has 0 aromatic heterocycles. The first-order valence-electron chi connectivity index (χ1n) is 2.67. The lowest BCUT2D eigenvalue weighted by Gasteiger charge is -1.98. The van der Waals surface area contributed by atoms with Crippen molar-refractivity contribution in [2.75, 3.05) is 0 Å². The summed E-state index contributed by atoms with van der Waals surface area (Å²) in [5.41, 5.74) is 0. The van der Waals surface area contributed by atoms with Crippen LogP contribution in [-0.4, -0.2) is 9.07 Å². The Kier molecular flexibility index (Phi) is 2.61. The van der Waals surface area contributed by atoms with E-state index in [-0.39, 0.29) is 0 Å². The molecule has 0 saturated carbocycles. The molecule has 0 aliphatic carbocycles. The van der Waals surface area contributed by atoms with E-state index in [1.165, 1.54) is 0 Å². The molecular formula is C6H7ClOSi. The highest BCUT2D eigenvalue weighted by atomic mass is 35.6. The van der Waals surface area contributed by atoms with Gasteiger partial charge in [-0.25, -0.2) is 0 Å². The summed E-state index contributed by atoms with van der Waals surface area (Å²) < 4.78 is 5.11. The van der Waals surface area contributed by atoms with E-state index in [0.717, 1.165) is 5.75 Å². The van der Waals surface area contributed by atoms with E-state index < -0.39 is 9.07 Å². The van der Waals surface area contributed by atoms with Crippen molar-refractivity contribution in [3.8, 4) is 5.75 Å². The predicted octanol–water partition coefficient (Wildman–Crippen LogP) is 1.30. The second-order valence-corrected chi connectivity index (χ2v) is 2.73. The highest BCUT2D eigenvalue weighted by molar-refractivity contribution is 6.90. The van der Waals surface area contributed by atoms with Crippen LogP contribution in [0.4, 0.5) is 0 Å². The molecule has 0 amide bonds. The second kappa shape index (κ2) is 3.53. The van der Waals surface area contributed by atoms with Crippen molar-refractivity contribution in [3.05, 3.63) is 30.3 Å². The molecule has 1 rings (SSSR count). The Balaban J connectivity index is 2.61. The third-order valence-corrected chi connectivity index (χ3v) is 1.73. The molecule has 48 valence electrons. The van der Waals surface area contributed by atoms with Gasteiger partial charge in [-0.05, 0) is 12.1 Å². The van der Waals surface area contributed by atoms with Gasteiger partial charge >= 0.3 is 9.07 Å². The Labute approximate surface area is 61.3 Å². The lowest BCUT2D eigenvalue weighted by atomic mass is 10.3. The molecule has 0 N–H and O–H groups in total. The molecular weight excluding hydrogens is 152 g/mol. The summed E-state index contributed by atoms with van der Waals surface area (Å²) in [4.78, 5) is 0. The minimum atomic E-state index is -0.812. The maximum Gasteiger partial charge on any atom is 0.316 e. The normalized spacial score (nSPS) is 10.3. The van der Waals surface area contributed by atoms with Crippen LogP contribution in [0.5, 0.6) is 5.75 Å². The van der Waals surface area contributed by atoms with Crippen LogP contribution in [0.2, 0.25) is 0 Å².